The Kier molecular flexibility index (Phi) is 4.59. The zero-order chi connectivity index (χ0) is 13.1. The predicted molar refractivity (Wildman–Crippen MR) is 71.9 cm³/mol. The van der Waals surface area contributed by atoms with Crippen LogP contribution in [0.5, 0.6) is 0 Å². The molecule has 1 aliphatic rings. The van der Waals surface area contributed by atoms with Crippen molar-refractivity contribution in [3.05, 3.63) is 0 Å². The van der Waals surface area contributed by atoms with Crippen LogP contribution < -0.4 is 10.6 Å². The van der Waals surface area contributed by atoms with Crippen LogP contribution >= 0.6 is 0 Å². The van der Waals surface area contributed by atoms with E-state index in [2.05, 4.69) is 38.3 Å². The van der Waals surface area contributed by atoms with Crippen molar-refractivity contribution in [3.63, 3.8) is 0 Å². The second-order valence-electron chi connectivity index (χ2n) is 6.54. The van der Waals surface area contributed by atoms with Crippen molar-refractivity contribution in [1.29, 1.82) is 0 Å². The summed E-state index contributed by atoms with van der Waals surface area (Å²) in [5, 5.41) is 6.46. The number of hydrogen-bond acceptors (Lipinski definition) is 2. The largest absolute Gasteiger partial charge is 0.354 e. The molecule has 1 heterocycles. The van der Waals surface area contributed by atoms with E-state index in [1.807, 2.05) is 6.92 Å². The molecule has 0 aromatic rings. The van der Waals surface area contributed by atoms with Gasteiger partial charge in [-0.15, -0.1) is 0 Å². The Morgan fingerprint density at radius 3 is 2.53 bits per heavy atom. The highest BCUT2D eigenvalue weighted by atomic mass is 16.2. The van der Waals surface area contributed by atoms with Crippen molar-refractivity contribution in [2.45, 2.75) is 59.4 Å². The Labute approximate surface area is 106 Å². The molecule has 0 aromatic heterocycles. The fourth-order valence-electron chi connectivity index (χ4n) is 1.96. The Hall–Kier alpha value is -0.570. The molecule has 1 amide bonds. The first-order valence-electron chi connectivity index (χ1n) is 6.81. The van der Waals surface area contributed by atoms with Gasteiger partial charge in [0.15, 0.2) is 0 Å². The first-order valence-corrected chi connectivity index (χ1v) is 6.81. The summed E-state index contributed by atoms with van der Waals surface area (Å²) < 4.78 is 0. The fourth-order valence-corrected chi connectivity index (χ4v) is 1.96. The van der Waals surface area contributed by atoms with Gasteiger partial charge in [-0.1, -0.05) is 27.7 Å². The quantitative estimate of drug-likeness (QED) is 0.792. The molecule has 0 bridgehead atoms. The molecule has 1 saturated heterocycles. The summed E-state index contributed by atoms with van der Waals surface area (Å²) in [5.41, 5.74) is -0.202. The van der Waals surface area contributed by atoms with Crippen LogP contribution in [0.15, 0.2) is 0 Å². The molecule has 1 fully saturated rings. The Morgan fingerprint density at radius 2 is 2.06 bits per heavy atom. The molecule has 0 spiro atoms. The van der Waals surface area contributed by atoms with Gasteiger partial charge >= 0.3 is 0 Å². The average Bonchev–Trinajstić information content (AvgIpc) is 2.26. The maximum Gasteiger partial charge on any atom is 0.240 e. The summed E-state index contributed by atoms with van der Waals surface area (Å²) in [7, 11) is 0. The Balaban J connectivity index is 2.49. The summed E-state index contributed by atoms with van der Waals surface area (Å²) >= 11 is 0. The highest BCUT2D eigenvalue weighted by Crippen LogP contribution is 2.25. The number of piperidine rings is 1. The van der Waals surface area contributed by atoms with Gasteiger partial charge in [0.1, 0.15) is 0 Å². The molecule has 100 valence electrons. The van der Waals surface area contributed by atoms with Crippen molar-refractivity contribution in [2.75, 3.05) is 13.1 Å². The van der Waals surface area contributed by atoms with Crippen LogP contribution in [0.3, 0.4) is 0 Å². The first kappa shape index (κ1) is 14.5. The number of rotatable bonds is 4. The minimum Gasteiger partial charge on any atom is -0.354 e. The fraction of sp³-hybridized carbons (Fsp3) is 0.929. The van der Waals surface area contributed by atoms with Crippen molar-refractivity contribution in [3.8, 4) is 0 Å². The third-order valence-electron chi connectivity index (χ3n) is 4.39. The van der Waals surface area contributed by atoms with E-state index in [0.29, 0.717) is 5.92 Å². The van der Waals surface area contributed by atoms with Gasteiger partial charge in [0, 0.05) is 6.54 Å². The lowest BCUT2D eigenvalue weighted by Crippen LogP contribution is -2.58. The Morgan fingerprint density at radius 1 is 1.41 bits per heavy atom. The monoisotopic (exact) mass is 240 g/mol. The molecular formula is C14H28N2O. The molecule has 3 nitrogen and oxygen atoms in total. The Bertz CT molecular complexity index is 265. The number of nitrogens with one attached hydrogen (secondary N) is 2. The highest BCUT2D eigenvalue weighted by Gasteiger charge is 2.35. The SMILES string of the molecule is CC(C)C(C)(C)CNC(=O)C1(C)CCCCN1. The topological polar surface area (TPSA) is 41.1 Å². The second-order valence-corrected chi connectivity index (χ2v) is 6.54. The lowest BCUT2D eigenvalue weighted by molar-refractivity contribution is -0.128. The van der Waals surface area contributed by atoms with E-state index < -0.39 is 0 Å². The normalized spacial score (nSPS) is 26.0. The van der Waals surface area contributed by atoms with Crippen LogP contribution in [0.2, 0.25) is 0 Å². The molecule has 3 heteroatoms. The number of carbonyl (C=O) groups excluding carboxylic acids is 1. The van der Waals surface area contributed by atoms with Crippen molar-refractivity contribution < 1.29 is 4.79 Å². The van der Waals surface area contributed by atoms with Crippen molar-refractivity contribution in [1.82, 2.24) is 10.6 Å². The van der Waals surface area contributed by atoms with Crippen LogP contribution in [0.1, 0.15) is 53.9 Å². The standard InChI is InChI=1S/C14H28N2O/c1-11(2)13(3,4)10-15-12(17)14(5)8-6-7-9-16-14/h11,16H,6-10H2,1-5H3,(H,15,17). The number of amides is 1. The van der Waals surface area contributed by atoms with Gasteiger partial charge in [-0.25, -0.2) is 0 Å². The van der Waals surface area contributed by atoms with Crippen LogP contribution in [0.25, 0.3) is 0 Å². The molecule has 0 radical (unpaired) electrons. The molecule has 1 aliphatic heterocycles. The van der Waals surface area contributed by atoms with Gasteiger partial charge < -0.3 is 10.6 Å². The predicted octanol–water partition coefficient (Wildman–Crippen LogP) is 2.32. The van der Waals surface area contributed by atoms with Crippen molar-refractivity contribution in [2.24, 2.45) is 11.3 Å². The van der Waals surface area contributed by atoms with Crippen LogP contribution in [0, 0.1) is 11.3 Å². The third-order valence-corrected chi connectivity index (χ3v) is 4.39. The van der Waals surface area contributed by atoms with E-state index >= 15 is 0 Å². The summed E-state index contributed by atoms with van der Waals surface area (Å²) in [4.78, 5) is 12.2. The molecular weight excluding hydrogens is 212 g/mol. The molecule has 0 aromatic carbocycles. The third kappa shape index (κ3) is 3.70. The minimum absolute atomic E-state index is 0.153. The number of hydrogen-bond donors (Lipinski definition) is 2. The molecule has 0 aliphatic carbocycles. The van der Waals surface area contributed by atoms with Crippen LogP contribution in [-0.2, 0) is 4.79 Å². The molecule has 1 unspecified atom stereocenters. The van der Waals surface area contributed by atoms with Crippen LogP contribution in [-0.4, -0.2) is 24.5 Å². The molecule has 17 heavy (non-hydrogen) atoms. The molecule has 1 rings (SSSR count). The van der Waals surface area contributed by atoms with E-state index in [1.54, 1.807) is 0 Å². The lowest BCUT2D eigenvalue weighted by Gasteiger charge is -2.36. The molecule has 2 N–H and O–H groups in total. The van der Waals surface area contributed by atoms with Gasteiger partial charge in [0.05, 0.1) is 5.54 Å². The van der Waals surface area contributed by atoms with Gasteiger partial charge in [0.25, 0.3) is 0 Å². The summed E-state index contributed by atoms with van der Waals surface area (Å²) in [6, 6.07) is 0. The van der Waals surface area contributed by atoms with Gasteiger partial charge in [-0.05, 0) is 44.1 Å². The molecule has 1 atom stereocenters. The van der Waals surface area contributed by atoms with Gasteiger partial charge in [-0.2, -0.15) is 0 Å². The zero-order valence-electron chi connectivity index (χ0n) is 12.0. The van der Waals surface area contributed by atoms with E-state index in [4.69, 9.17) is 0 Å². The smallest absolute Gasteiger partial charge is 0.240 e. The van der Waals surface area contributed by atoms with Crippen molar-refractivity contribution >= 4 is 5.91 Å². The van der Waals surface area contributed by atoms with Gasteiger partial charge in [-0.3, -0.25) is 4.79 Å². The van der Waals surface area contributed by atoms with Crippen LogP contribution in [0.4, 0.5) is 0 Å². The second kappa shape index (κ2) is 5.38. The molecule has 0 saturated carbocycles. The highest BCUT2D eigenvalue weighted by molar-refractivity contribution is 5.86. The van der Waals surface area contributed by atoms with E-state index in [1.165, 1.54) is 6.42 Å². The average molecular weight is 240 g/mol. The first-order chi connectivity index (χ1) is 7.78. The van der Waals surface area contributed by atoms with E-state index in [9.17, 15) is 4.79 Å². The maximum absolute atomic E-state index is 12.2. The maximum atomic E-state index is 12.2. The number of carbonyl (C=O) groups is 1. The summed E-state index contributed by atoms with van der Waals surface area (Å²) in [6.45, 7) is 12.5. The summed E-state index contributed by atoms with van der Waals surface area (Å²) in [6.07, 6.45) is 3.27. The lowest BCUT2D eigenvalue weighted by atomic mass is 9.81. The summed E-state index contributed by atoms with van der Waals surface area (Å²) in [5.74, 6) is 0.723. The minimum atomic E-state index is -0.356. The van der Waals surface area contributed by atoms with Gasteiger partial charge in [0.2, 0.25) is 5.91 Å². The van der Waals surface area contributed by atoms with E-state index in [-0.39, 0.29) is 16.9 Å². The zero-order valence-corrected chi connectivity index (χ0v) is 12.0. The van der Waals surface area contributed by atoms with E-state index in [0.717, 1.165) is 25.9 Å².